The number of aromatic nitrogens is 2. The third kappa shape index (κ3) is 4.74. The SMILES string of the molecule is CCNC(CC)(CCCSc1nnc(C)s1)C(=O)O. The second kappa shape index (κ2) is 7.81. The van der Waals surface area contributed by atoms with Gasteiger partial charge in [-0.1, -0.05) is 36.9 Å². The Kier molecular flexibility index (Phi) is 6.74. The Morgan fingerprint density at radius 3 is 2.68 bits per heavy atom. The largest absolute Gasteiger partial charge is 0.480 e. The Hall–Kier alpha value is -0.660. The third-order valence-electron chi connectivity index (χ3n) is 3.01. The van der Waals surface area contributed by atoms with Crippen molar-refractivity contribution in [3.05, 3.63) is 5.01 Å². The molecule has 19 heavy (non-hydrogen) atoms. The van der Waals surface area contributed by atoms with Gasteiger partial charge in [0.15, 0.2) is 4.34 Å². The van der Waals surface area contributed by atoms with Crippen molar-refractivity contribution in [1.29, 1.82) is 0 Å². The van der Waals surface area contributed by atoms with Gasteiger partial charge in [-0.2, -0.15) is 0 Å². The fourth-order valence-electron chi connectivity index (χ4n) is 1.93. The number of carboxylic acid groups (broad SMARTS) is 1. The van der Waals surface area contributed by atoms with Gasteiger partial charge in [-0.05, 0) is 32.7 Å². The van der Waals surface area contributed by atoms with Crippen LogP contribution in [0.2, 0.25) is 0 Å². The quantitative estimate of drug-likeness (QED) is 0.539. The van der Waals surface area contributed by atoms with Crippen LogP contribution in [0.4, 0.5) is 0 Å². The molecule has 1 aromatic heterocycles. The van der Waals surface area contributed by atoms with Crippen molar-refractivity contribution in [3.63, 3.8) is 0 Å². The van der Waals surface area contributed by atoms with Crippen LogP contribution >= 0.6 is 23.1 Å². The van der Waals surface area contributed by atoms with Crippen molar-refractivity contribution in [2.75, 3.05) is 12.3 Å². The molecule has 5 nitrogen and oxygen atoms in total. The fourth-order valence-corrected chi connectivity index (χ4v) is 3.76. The molecule has 0 saturated carbocycles. The molecule has 1 aromatic rings. The summed E-state index contributed by atoms with van der Waals surface area (Å²) in [6.45, 7) is 6.45. The topological polar surface area (TPSA) is 75.1 Å². The van der Waals surface area contributed by atoms with Gasteiger partial charge in [0.1, 0.15) is 10.5 Å². The number of hydrogen-bond donors (Lipinski definition) is 2. The number of carboxylic acids is 1. The normalized spacial score (nSPS) is 14.3. The molecule has 0 spiro atoms. The molecule has 7 heteroatoms. The van der Waals surface area contributed by atoms with E-state index < -0.39 is 11.5 Å². The van der Waals surface area contributed by atoms with Gasteiger partial charge in [-0.25, -0.2) is 0 Å². The maximum absolute atomic E-state index is 11.4. The lowest BCUT2D eigenvalue weighted by atomic mass is 9.91. The average molecular weight is 303 g/mol. The average Bonchev–Trinajstić information content (AvgIpc) is 2.78. The van der Waals surface area contributed by atoms with Crippen molar-refractivity contribution in [1.82, 2.24) is 15.5 Å². The van der Waals surface area contributed by atoms with Crippen molar-refractivity contribution >= 4 is 29.1 Å². The van der Waals surface area contributed by atoms with Gasteiger partial charge in [0.2, 0.25) is 0 Å². The van der Waals surface area contributed by atoms with Crippen LogP contribution in [0.5, 0.6) is 0 Å². The number of carbonyl (C=O) groups is 1. The summed E-state index contributed by atoms with van der Waals surface area (Å²) in [6.07, 6.45) is 2.08. The summed E-state index contributed by atoms with van der Waals surface area (Å²) in [5.41, 5.74) is -0.785. The van der Waals surface area contributed by atoms with E-state index in [1.807, 2.05) is 20.8 Å². The minimum Gasteiger partial charge on any atom is -0.480 e. The molecule has 0 aliphatic carbocycles. The number of nitrogens with zero attached hydrogens (tertiary/aromatic N) is 2. The highest BCUT2D eigenvalue weighted by Gasteiger charge is 2.34. The Morgan fingerprint density at radius 1 is 1.47 bits per heavy atom. The van der Waals surface area contributed by atoms with Crippen LogP contribution in [0.1, 0.15) is 38.1 Å². The van der Waals surface area contributed by atoms with Crippen LogP contribution in [-0.2, 0) is 4.79 Å². The fraction of sp³-hybridized carbons (Fsp3) is 0.750. The van der Waals surface area contributed by atoms with E-state index in [0.717, 1.165) is 21.5 Å². The molecular formula is C12H21N3O2S2. The number of likely N-dealkylation sites (N-methyl/N-ethyl adjacent to an activating group) is 1. The summed E-state index contributed by atoms with van der Waals surface area (Å²) in [4.78, 5) is 11.4. The Bertz CT molecular complexity index is 411. The molecule has 0 bridgehead atoms. The number of rotatable bonds is 9. The molecule has 1 heterocycles. The van der Waals surface area contributed by atoms with Crippen LogP contribution < -0.4 is 5.32 Å². The van der Waals surface area contributed by atoms with Gasteiger partial charge in [0, 0.05) is 5.75 Å². The zero-order valence-corrected chi connectivity index (χ0v) is 13.2. The predicted molar refractivity (Wildman–Crippen MR) is 78.9 cm³/mol. The van der Waals surface area contributed by atoms with E-state index in [1.54, 1.807) is 23.1 Å². The molecule has 0 aliphatic heterocycles. The van der Waals surface area contributed by atoms with E-state index in [4.69, 9.17) is 0 Å². The molecule has 2 N–H and O–H groups in total. The molecule has 0 saturated heterocycles. The van der Waals surface area contributed by atoms with Crippen LogP contribution in [-0.4, -0.2) is 39.1 Å². The van der Waals surface area contributed by atoms with E-state index >= 15 is 0 Å². The second-order valence-corrected chi connectivity index (χ2v) is 6.83. The molecule has 0 aliphatic rings. The van der Waals surface area contributed by atoms with Gasteiger partial charge in [-0.15, -0.1) is 10.2 Å². The minimum absolute atomic E-state index is 0.596. The Labute approximate surface area is 122 Å². The first kappa shape index (κ1) is 16.4. The van der Waals surface area contributed by atoms with Crippen molar-refractivity contribution in [2.45, 2.75) is 49.9 Å². The van der Waals surface area contributed by atoms with Crippen LogP contribution in [0.3, 0.4) is 0 Å². The molecule has 1 atom stereocenters. The zero-order valence-electron chi connectivity index (χ0n) is 11.6. The second-order valence-electron chi connectivity index (χ2n) is 4.31. The number of aliphatic carboxylic acids is 1. The van der Waals surface area contributed by atoms with E-state index in [9.17, 15) is 9.90 Å². The van der Waals surface area contributed by atoms with Crippen molar-refractivity contribution in [2.24, 2.45) is 0 Å². The summed E-state index contributed by atoms with van der Waals surface area (Å²) in [5.74, 6) is 0.114. The highest BCUT2D eigenvalue weighted by molar-refractivity contribution is 8.01. The first-order chi connectivity index (χ1) is 9.04. The van der Waals surface area contributed by atoms with E-state index in [1.165, 1.54) is 0 Å². The summed E-state index contributed by atoms with van der Waals surface area (Å²) in [6, 6.07) is 0. The van der Waals surface area contributed by atoms with Gasteiger partial charge >= 0.3 is 5.97 Å². The highest BCUT2D eigenvalue weighted by atomic mass is 32.2. The maximum Gasteiger partial charge on any atom is 0.323 e. The predicted octanol–water partition coefficient (Wildman–Crippen LogP) is 2.56. The molecule has 0 radical (unpaired) electrons. The molecule has 0 amide bonds. The third-order valence-corrected chi connectivity index (χ3v) is 5.07. The van der Waals surface area contributed by atoms with Crippen molar-refractivity contribution < 1.29 is 9.90 Å². The zero-order chi connectivity index (χ0) is 14.3. The summed E-state index contributed by atoms with van der Waals surface area (Å²) >= 11 is 3.22. The Balaban J connectivity index is 2.42. The molecule has 0 aromatic carbocycles. The van der Waals surface area contributed by atoms with Gasteiger partial charge < -0.3 is 10.4 Å². The first-order valence-corrected chi connectivity index (χ1v) is 8.25. The summed E-state index contributed by atoms with van der Waals surface area (Å²) < 4.78 is 0.957. The molecule has 108 valence electrons. The van der Waals surface area contributed by atoms with E-state index in [0.29, 0.717) is 19.4 Å². The van der Waals surface area contributed by atoms with Gasteiger partial charge in [0.25, 0.3) is 0 Å². The first-order valence-electron chi connectivity index (χ1n) is 6.45. The summed E-state index contributed by atoms with van der Waals surface area (Å²) in [7, 11) is 0. The number of hydrogen-bond acceptors (Lipinski definition) is 6. The molecule has 1 rings (SSSR count). The number of aryl methyl sites for hydroxylation is 1. The van der Waals surface area contributed by atoms with Crippen molar-refractivity contribution in [3.8, 4) is 0 Å². The minimum atomic E-state index is -0.785. The lowest BCUT2D eigenvalue weighted by Gasteiger charge is -2.29. The van der Waals surface area contributed by atoms with Crippen LogP contribution in [0.15, 0.2) is 4.34 Å². The lowest BCUT2D eigenvalue weighted by molar-refractivity contribution is -0.145. The standard InChI is InChI=1S/C12H21N3O2S2/c1-4-12(10(16)17,13-5-2)7-6-8-18-11-15-14-9(3)19-11/h13H,4-8H2,1-3H3,(H,16,17). The van der Waals surface area contributed by atoms with Gasteiger partial charge in [-0.3, -0.25) is 4.79 Å². The molecule has 0 fully saturated rings. The van der Waals surface area contributed by atoms with Crippen LogP contribution in [0.25, 0.3) is 0 Å². The number of thioether (sulfide) groups is 1. The Morgan fingerprint density at radius 2 is 2.21 bits per heavy atom. The highest BCUT2D eigenvalue weighted by Crippen LogP contribution is 2.25. The summed E-state index contributed by atoms with van der Waals surface area (Å²) in [5, 5.41) is 21.5. The van der Waals surface area contributed by atoms with E-state index in [2.05, 4.69) is 15.5 Å². The van der Waals surface area contributed by atoms with E-state index in [-0.39, 0.29) is 0 Å². The van der Waals surface area contributed by atoms with Crippen LogP contribution in [0, 0.1) is 6.92 Å². The molecular weight excluding hydrogens is 282 g/mol. The smallest absolute Gasteiger partial charge is 0.323 e. The molecule has 1 unspecified atom stereocenters. The maximum atomic E-state index is 11.4. The monoisotopic (exact) mass is 303 g/mol. The lowest BCUT2D eigenvalue weighted by Crippen LogP contribution is -2.51. The van der Waals surface area contributed by atoms with Gasteiger partial charge in [0.05, 0.1) is 0 Å². The number of nitrogens with one attached hydrogen (secondary N) is 1.